The number of rotatable bonds is 4. The Kier molecular flexibility index (Phi) is 4.32. The Morgan fingerprint density at radius 2 is 1.06 bits per heavy atom. The summed E-state index contributed by atoms with van der Waals surface area (Å²) in [6.07, 6.45) is -6.26. The molecule has 0 fully saturated rings. The lowest BCUT2D eigenvalue weighted by Crippen LogP contribution is -2.56. The van der Waals surface area contributed by atoms with Crippen LogP contribution in [0.3, 0.4) is 0 Å². The van der Waals surface area contributed by atoms with Crippen LogP contribution >= 0.6 is 23.2 Å². The summed E-state index contributed by atoms with van der Waals surface area (Å²) in [6, 6.07) is 0. The zero-order valence-corrected chi connectivity index (χ0v) is 9.11. The van der Waals surface area contributed by atoms with Crippen molar-refractivity contribution in [1.29, 1.82) is 0 Å². The molecule has 12 heteroatoms. The summed E-state index contributed by atoms with van der Waals surface area (Å²) in [4.78, 5) is 20.6. The quantitative estimate of drug-likeness (QED) is 0.452. The molecule has 0 saturated carbocycles. The minimum atomic E-state index is -6.26. The highest BCUT2D eigenvalue weighted by Crippen LogP contribution is 2.45. The third-order valence-corrected chi connectivity index (χ3v) is 2.24. The molecule has 2 nitrogen and oxygen atoms in total. The van der Waals surface area contributed by atoms with Gasteiger partial charge in [-0.2, -0.15) is 30.7 Å². The first-order chi connectivity index (χ1) is 7.56. The van der Waals surface area contributed by atoms with Gasteiger partial charge in [0.15, 0.2) is 0 Å². The van der Waals surface area contributed by atoms with Crippen molar-refractivity contribution in [3.8, 4) is 0 Å². The Bertz CT molecular complexity index is 369. The molecule has 0 aliphatic rings. The Balaban J connectivity index is 5.54. The molecule has 106 valence electrons. The van der Waals surface area contributed by atoms with Crippen LogP contribution in [0, 0.1) is 0 Å². The fourth-order valence-corrected chi connectivity index (χ4v) is 0.812. The van der Waals surface area contributed by atoms with Crippen LogP contribution in [0.15, 0.2) is 0 Å². The number of Topliss-reactive ketones (excluding diaryl/α,β-unsaturated/α-hetero) is 2. The summed E-state index contributed by atoms with van der Waals surface area (Å²) in [5, 5.41) is -10.8. The SMILES string of the molecule is O=C(C(F)(F)F)C(F)(F)C(=O)C(F)(Cl)C(F)(F)Cl. The van der Waals surface area contributed by atoms with E-state index in [1.165, 1.54) is 0 Å². The number of carbonyl (C=O) groups is 2. The van der Waals surface area contributed by atoms with Crippen molar-refractivity contribution in [3.05, 3.63) is 0 Å². The second-order valence-corrected chi connectivity index (χ2v) is 3.80. The Morgan fingerprint density at radius 1 is 0.722 bits per heavy atom. The topological polar surface area (TPSA) is 34.1 Å². The highest BCUT2D eigenvalue weighted by molar-refractivity contribution is 6.43. The third kappa shape index (κ3) is 3.02. The van der Waals surface area contributed by atoms with E-state index in [1.54, 1.807) is 0 Å². The van der Waals surface area contributed by atoms with Gasteiger partial charge in [0.2, 0.25) is 0 Å². The lowest BCUT2D eigenvalue weighted by atomic mass is 10.1. The number of alkyl halides is 10. The van der Waals surface area contributed by atoms with Gasteiger partial charge >= 0.3 is 28.4 Å². The molecular formula is C6Cl2F8O2. The first-order valence-corrected chi connectivity index (χ1v) is 4.30. The van der Waals surface area contributed by atoms with Crippen molar-refractivity contribution < 1.29 is 44.7 Å². The molecule has 0 bridgehead atoms. The lowest BCUT2D eigenvalue weighted by Gasteiger charge is -2.25. The van der Waals surface area contributed by atoms with Crippen molar-refractivity contribution in [2.75, 3.05) is 0 Å². The fourth-order valence-electron chi connectivity index (χ4n) is 0.607. The number of carbonyl (C=O) groups excluding carboxylic acids is 2. The molecule has 0 radical (unpaired) electrons. The summed E-state index contributed by atoms with van der Waals surface area (Å²) >= 11 is 7.90. The second-order valence-electron chi connectivity index (χ2n) is 2.80. The van der Waals surface area contributed by atoms with Gasteiger partial charge in [-0.1, -0.05) is 11.6 Å². The molecule has 18 heavy (non-hydrogen) atoms. The van der Waals surface area contributed by atoms with Crippen LogP contribution in [0.4, 0.5) is 35.1 Å². The molecule has 0 N–H and O–H groups in total. The van der Waals surface area contributed by atoms with Gasteiger partial charge in [-0.25, -0.2) is 4.39 Å². The van der Waals surface area contributed by atoms with E-state index >= 15 is 0 Å². The number of hydrogen-bond acceptors (Lipinski definition) is 2. The highest BCUT2D eigenvalue weighted by Gasteiger charge is 2.71. The molecule has 0 aromatic rings. The molecule has 1 unspecified atom stereocenters. The molecule has 0 saturated heterocycles. The smallest absolute Gasteiger partial charge is 0.287 e. The van der Waals surface area contributed by atoms with Gasteiger partial charge in [0.05, 0.1) is 0 Å². The zero-order chi connectivity index (χ0) is 15.2. The van der Waals surface area contributed by atoms with E-state index in [9.17, 15) is 44.7 Å². The molecule has 0 amide bonds. The van der Waals surface area contributed by atoms with Gasteiger partial charge in [-0.3, -0.25) is 9.59 Å². The van der Waals surface area contributed by atoms with E-state index in [2.05, 4.69) is 23.2 Å². The Labute approximate surface area is 103 Å². The molecule has 0 spiro atoms. The van der Waals surface area contributed by atoms with E-state index in [4.69, 9.17) is 0 Å². The maximum Gasteiger partial charge on any atom is 0.456 e. The highest BCUT2D eigenvalue weighted by atomic mass is 35.5. The van der Waals surface area contributed by atoms with Crippen molar-refractivity contribution in [2.45, 2.75) is 22.6 Å². The monoisotopic (exact) mass is 326 g/mol. The minimum absolute atomic E-state index is 3.81. The van der Waals surface area contributed by atoms with Gasteiger partial charge < -0.3 is 0 Å². The van der Waals surface area contributed by atoms with E-state index in [0.29, 0.717) is 0 Å². The summed E-state index contributed by atoms with van der Waals surface area (Å²) in [5.74, 6) is -14.0. The normalized spacial score (nSPS) is 17.2. The van der Waals surface area contributed by atoms with Gasteiger partial charge in [-0.15, -0.1) is 0 Å². The summed E-state index contributed by atoms with van der Waals surface area (Å²) < 4.78 is 97.1. The maximum absolute atomic E-state index is 12.8. The minimum Gasteiger partial charge on any atom is -0.287 e. The van der Waals surface area contributed by atoms with E-state index in [-0.39, 0.29) is 0 Å². The largest absolute Gasteiger partial charge is 0.456 e. The molecule has 0 aromatic carbocycles. The average molecular weight is 327 g/mol. The van der Waals surface area contributed by atoms with Crippen LogP contribution in [0.25, 0.3) is 0 Å². The number of halogens is 10. The lowest BCUT2D eigenvalue weighted by molar-refractivity contribution is -0.200. The third-order valence-electron chi connectivity index (χ3n) is 1.47. The van der Waals surface area contributed by atoms with Crippen LogP contribution < -0.4 is 0 Å². The van der Waals surface area contributed by atoms with Gasteiger partial charge in [-0.05, 0) is 11.6 Å². The van der Waals surface area contributed by atoms with Gasteiger partial charge in [0, 0.05) is 0 Å². The maximum atomic E-state index is 12.8. The molecule has 0 heterocycles. The van der Waals surface area contributed by atoms with Gasteiger partial charge in [0.25, 0.3) is 5.78 Å². The second kappa shape index (κ2) is 4.48. The molecular weight excluding hydrogens is 327 g/mol. The predicted octanol–water partition coefficient (Wildman–Crippen LogP) is 3.06. The van der Waals surface area contributed by atoms with Crippen molar-refractivity contribution >= 4 is 34.8 Å². The van der Waals surface area contributed by atoms with Crippen LogP contribution in [-0.4, -0.2) is 34.2 Å². The first-order valence-electron chi connectivity index (χ1n) is 3.55. The Morgan fingerprint density at radius 3 is 1.28 bits per heavy atom. The molecule has 1 atom stereocenters. The molecule has 0 aliphatic carbocycles. The first kappa shape index (κ1) is 17.4. The summed E-state index contributed by atoms with van der Waals surface area (Å²) in [5.41, 5.74) is 0. The average Bonchev–Trinajstić information content (AvgIpc) is 2.11. The molecule has 0 aromatic heterocycles. The van der Waals surface area contributed by atoms with E-state index in [0.717, 1.165) is 0 Å². The van der Waals surface area contributed by atoms with E-state index in [1.807, 2.05) is 0 Å². The van der Waals surface area contributed by atoms with Gasteiger partial charge in [0.1, 0.15) is 0 Å². The fraction of sp³-hybridized carbons (Fsp3) is 0.667. The zero-order valence-electron chi connectivity index (χ0n) is 7.60. The van der Waals surface area contributed by atoms with Crippen LogP contribution in [0.1, 0.15) is 0 Å². The van der Waals surface area contributed by atoms with E-state index < -0.39 is 34.2 Å². The van der Waals surface area contributed by atoms with Crippen molar-refractivity contribution in [1.82, 2.24) is 0 Å². The van der Waals surface area contributed by atoms with Crippen LogP contribution in [-0.2, 0) is 9.59 Å². The van der Waals surface area contributed by atoms with Crippen molar-refractivity contribution in [2.24, 2.45) is 0 Å². The predicted molar refractivity (Wildman–Crippen MR) is 41.5 cm³/mol. The number of ketones is 2. The summed E-state index contributed by atoms with van der Waals surface area (Å²) in [7, 11) is 0. The molecule has 0 rings (SSSR count). The Hall–Kier alpha value is -0.640. The van der Waals surface area contributed by atoms with Crippen LogP contribution in [0.2, 0.25) is 0 Å². The molecule has 0 aliphatic heterocycles. The standard InChI is InChI=1S/C6Cl2F8O2/c7-4(11,6(8,15)16)1(17)3(9,10)2(18)5(12,13)14. The van der Waals surface area contributed by atoms with Crippen LogP contribution in [0.5, 0.6) is 0 Å². The van der Waals surface area contributed by atoms with Crippen molar-refractivity contribution in [3.63, 3.8) is 0 Å². The summed E-state index contributed by atoms with van der Waals surface area (Å²) in [6.45, 7) is 0. The number of hydrogen-bond donors (Lipinski definition) is 0.